The van der Waals surface area contributed by atoms with Gasteiger partial charge in [-0.25, -0.2) is 14.4 Å². The van der Waals surface area contributed by atoms with Crippen molar-refractivity contribution in [2.45, 2.75) is 0 Å². The van der Waals surface area contributed by atoms with Crippen molar-refractivity contribution in [2.75, 3.05) is 20.1 Å². The van der Waals surface area contributed by atoms with Crippen molar-refractivity contribution in [3.63, 3.8) is 0 Å². The average Bonchev–Trinajstić information content (AvgIpc) is 2.81. The molecule has 2 aromatic rings. The van der Waals surface area contributed by atoms with Crippen LogP contribution in [0.25, 0.3) is 5.57 Å². The number of likely N-dealkylation sites (N-methyl/N-ethyl adjacent to an activating group) is 1. The lowest BCUT2D eigenvalue weighted by Gasteiger charge is -2.07. The topological polar surface area (TPSA) is 58.5 Å². The number of nitrogens with zero attached hydrogens (tertiary/aromatic N) is 3. The van der Waals surface area contributed by atoms with Gasteiger partial charge in [0.15, 0.2) is 0 Å². The lowest BCUT2D eigenvalue weighted by atomic mass is 10.2. The smallest absolute Gasteiger partial charge is 0.237 e. The minimum atomic E-state index is -0.323. The van der Waals surface area contributed by atoms with Gasteiger partial charge in [-0.3, -0.25) is 4.90 Å². The SMILES string of the molecule is CN1CC(O)=C(c2cnc(Oc3ccc(F)cc3)cn2)C1. The Kier molecular flexibility index (Phi) is 3.53. The number of benzene rings is 1. The second-order valence-corrected chi connectivity index (χ2v) is 4.89. The monoisotopic (exact) mass is 287 g/mol. The van der Waals surface area contributed by atoms with E-state index >= 15 is 0 Å². The minimum absolute atomic E-state index is 0.316. The van der Waals surface area contributed by atoms with Crippen molar-refractivity contribution in [3.05, 3.63) is 53.9 Å². The fourth-order valence-corrected chi connectivity index (χ4v) is 2.15. The van der Waals surface area contributed by atoms with Crippen LogP contribution >= 0.6 is 0 Å². The van der Waals surface area contributed by atoms with E-state index in [1.54, 1.807) is 6.20 Å². The molecule has 0 fully saturated rings. The standard InChI is InChI=1S/C15H14FN3O2/c1-19-8-12(14(20)9-19)13-6-18-15(7-17-13)21-11-4-2-10(16)3-5-11/h2-7,20H,8-9H2,1H3. The quantitative estimate of drug-likeness (QED) is 0.940. The summed E-state index contributed by atoms with van der Waals surface area (Å²) in [5.41, 5.74) is 1.40. The third-order valence-corrected chi connectivity index (χ3v) is 3.17. The van der Waals surface area contributed by atoms with Crippen LogP contribution in [0.15, 0.2) is 42.4 Å². The second-order valence-electron chi connectivity index (χ2n) is 4.89. The molecule has 0 spiro atoms. The third-order valence-electron chi connectivity index (χ3n) is 3.17. The van der Waals surface area contributed by atoms with Gasteiger partial charge < -0.3 is 9.84 Å². The Bertz CT molecular complexity index is 668. The van der Waals surface area contributed by atoms with E-state index in [0.29, 0.717) is 36.2 Å². The Morgan fingerprint density at radius 3 is 2.48 bits per heavy atom. The van der Waals surface area contributed by atoms with E-state index in [1.165, 1.54) is 30.5 Å². The van der Waals surface area contributed by atoms with Gasteiger partial charge >= 0.3 is 0 Å². The van der Waals surface area contributed by atoms with Crippen molar-refractivity contribution < 1.29 is 14.2 Å². The van der Waals surface area contributed by atoms with Crippen LogP contribution in [0.4, 0.5) is 4.39 Å². The van der Waals surface area contributed by atoms with Crippen LogP contribution in [0.1, 0.15) is 5.69 Å². The maximum Gasteiger partial charge on any atom is 0.237 e. The van der Waals surface area contributed by atoms with E-state index in [-0.39, 0.29) is 5.82 Å². The van der Waals surface area contributed by atoms with Gasteiger partial charge in [-0.15, -0.1) is 0 Å². The van der Waals surface area contributed by atoms with E-state index in [4.69, 9.17) is 4.74 Å². The van der Waals surface area contributed by atoms with Crippen LogP contribution in [0, 0.1) is 5.82 Å². The van der Waals surface area contributed by atoms with Gasteiger partial charge in [-0.2, -0.15) is 0 Å². The largest absolute Gasteiger partial charge is 0.511 e. The van der Waals surface area contributed by atoms with E-state index in [0.717, 1.165) is 5.57 Å². The molecule has 3 rings (SSSR count). The Morgan fingerprint density at radius 2 is 1.90 bits per heavy atom. The third kappa shape index (κ3) is 3.00. The van der Waals surface area contributed by atoms with Gasteiger partial charge in [0.1, 0.15) is 17.3 Å². The van der Waals surface area contributed by atoms with Crippen molar-refractivity contribution in [1.29, 1.82) is 0 Å². The summed E-state index contributed by atoms with van der Waals surface area (Å²) in [5, 5.41) is 9.85. The molecule has 0 aliphatic carbocycles. The summed E-state index contributed by atoms with van der Waals surface area (Å²) in [6.07, 6.45) is 3.04. The summed E-state index contributed by atoms with van der Waals surface area (Å²) in [4.78, 5) is 10.4. The van der Waals surface area contributed by atoms with Crippen LogP contribution in [-0.4, -0.2) is 40.1 Å². The first-order valence-electron chi connectivity index (χ1n) is 6.47. The van der Waals surface area contributed by atoms with Gasteiger partial charge in [0.05, 0.1) is 24.6 Å². The average molecular weight is 287 g/mol. The molecule has 1 aromatic heterocycles. The van der Waals surface area contributed by atoms with Crippen LogP contribution in [0.3, 0.4) is 0 Å². The van der Waals surface area contributed by atoms with Crippen LogP contribution in [-0.2, 0) is 0 Å². The first kappa shape index (κ1) is 13.5. The molecule has 108 valence electrons. The Balaban J connectivity index is 1.75. The van der Waals surface area contributed by atoms with Crippen molar-refractivity contribution in [1.82, 2.24) is 14.9 Å². The fraction of sp³-hybridized carbons (Fsp3) is 0.200. The molecule has 1 aliphatic rings. The van der Waals surface area contributed by atoms with E-state index in [1.807, 2.05) is 11.9 Å². The Hall–Kier alpha value is -2.47. The molecule has 1 N–H and O–H groups in total. The number of halogens is 1. The number of hydrogen-bond donors (Lipinski definition) is 1. The predicted octanol–water partition coefficient (Wildman–Crippen LogP) is 2.62. The molecule has 6 heteroatoms. The number of aliphatic hydroxyl groups excluding tert-OH is 1. The van der Waals surface area contributed by atoms with Gasteiger partial charge in [-0.05, 0) is 31.3 Å². The molecule has 0 bridgehead atoms. The van der Waals surface area contributed by atoms with Crippen molar-refractivity contribution in [2.24, 2.45) is 0 Å². The van der Waals surface area contributed by atoms with E-state index in [2.05, 4.69) is 9.97 Å². The highest BCUT2D eigenvalue weighted by molar-refractivity contribution is 5.67. The molecule has 2 heterocycles. The first-order valence-corrected chi connectivity index (χ1v) is 6.47. The molecule has 0 unspecified atom stereocenters. The molecule has 0 saturated heterocycles. The zero-order chi connectivity index (χ0) is 14.8. The van der Waals surface area contributed by atoms with Gasteiger partial charge in [0.25, 0.3) is 0 Å². The molecule has 1 aliphatic heterocycles. The molecule has 5 nitrogen and oxygen atoms in total. The summed E-state index contributed by atoms with van der Waals surface area (Å²) in [7, 11) is 1.92. The maximum absolute atomic E-state index is 12.8. The van der Waals surface area contributed by atoms with E-state index < -0.39 is 0 Å². The highest BCUT2D eigenvalue weighted by atomic mass is 19.1. The fourth-order valence-electron chi connectivity index (χ4n) is 2.15. The van der Waals surface area contributed by atoms with Crippen molar-refractivity contribution >= 4 is 5.57 Å². The Morgan fingerprint density at radius 1 is 1.14 bits per heavy atom. The molecule has 1 aromatic carbocycles. The molecule has 0 atom stereocenters. The van der Waals surface area contributed by atoms with Gasteiger partial charge in [-0.1, -0.05) is 0 Å². The molecule has 0 radical (unpaired) electrons. The number of ether oxygens (including phenoxy) is 1. The highest BCUT2D eigenvalue weighted by Gasteiger charge is 2.20. The lowest BCUT2D eigenvalue weighted by Crippen LogP contribution is -2.14. The summed E-state index contributed by atoms with van der Waals surface area (Å²) < 4.78 is 18.3. The summed E-state index contributed by atoms with van der Waals surface area (Å²) in [6.45, 7) is 1.16. The lowest BCUT2D eigenvalue weighted by molar-refractivity contribution is 0.343. The number of aromatic nitrogens is 2. The zero-order valence-corrected chi connectivity index (χ0v) is 11.5. The van der Waals surface area contributed by atoms with Crippen molar-refractivity contribution in [3.8, 4) is 11.6 Å². The number of rotatable bonds is 3. The zero-order valence-electron chi connectivity index (χ0n) is 11.5. The second kappa shape index (κ2) is 5.49. The molecular formula is C15H14FN3O2. The van der Waals surface area contributed by atoms with E-state index in [9.17, 15) is 9.50 Å². The molecule has 21 heavy (non-hydrogen) atoms. The van der Waals surface area contributed by atoms with Crippen LogP contribution < -0.4 is 4.74 Å². The highest BCUT2D eigenvalue weighted by Crippen LogP contribution is 2.24. The van der Waals surface area contributed by atoms with Gasteiger partial charge in [0, 0.05) is 12.1 Å². The van der Waals surface area contributed by atoms with Crippen LogP contribution in [0.5, 0.6) is 11.6 Å². The minimum Gasteiger partial charge on any atom is -0.511 e. The summed E-state index contributed by atoms with van der Waals surface area (Å²) >= 11 is 0. The number of hydrogen-bond acceptors (Lipinski definition) is 5. The Labute approximate surface area is 121 Å². The molecule has 0 saturated carbocycles. The first-order chi connectivity index (χ1) is 10.1. The predicted molar refractivity (Wildman–Crippen MR) is 75.6 cm³/mol. The number of aliphatic hydroxyl groups is 1. The summed E-state index contributed by atoms with van der Waals surface area (Å²) in [5.74, 6) is 0.800. The van der Waals surface area contributed by atoms with Gasteiger partial charge in [0.2, 0.25) is 5.88 Å². The normalized spacial score (nSPS) is 15.5. The molecular weight excluding hydrogens is 273 g/mol. The van der Waals surface area contributed by atoms with Crippen LogP contribution in [0.2, 0.25) is 0 Å². The summed E-state index contributed by atoms with van der Waals surface area (Å²) in [6, 6.07) is 5.67. The maximum atomic E-state index is 12.8. The molecule has 0 amide bonds.